The SMILES string of the molecule is CC.CC.CC.CCC=CC(Br)C1=C(C)C(C)CCN1. The number of hydrogen-bond acceptors (Lipinski definition) is 1. The van der Waals surface area contributed by atoms with Crippen LogP contribution in [0.5, 0.6) is 0 Å². The highest BCUT2D eigenvalue weighted by Gasteiger charge is 2.18. The first-order valence-electron chi connectivity index (χ1n) is 8.42. The molecule has 0 saturated heterocycles. The number of allylic oxidation sites excluding steroid dienone is 3. The molecule has 1 aliphatic heterocycles. The van der Waals surface area contributed by atoms with Gasteiger partial charge in [-0.15, -0.1) is 0 Å². The van der Waals surface area contributed by atoms with E-state index in [4.69, 9.17) is 0 Å². The van der Waals surface area contributed by atoms with Gasteiger partial charge in [0.25, 0.3) is 0 Å². The summed E-state index contributed by atoms with van der Waals surface area (Å²) in [4.78, 5) is 0.366. The summed E-state index contributed by atoms with van der Waals surface area (Å²) in [6, 6.07) is 0. The molecular formula is C18H38BrN. The summed E-state index contributed by atoms with van der Waals surface area (Å²) in [5.74, 6) is 0.723. The fourth-order valence-corrected chi connectivity index (χ4v) is 2.45. The van der Waals surface area contributed by atoms with E-state index in [9.17, 15) is 0 Å². The summed E-state index contributed by atoms with van der Waals surface area (Å²) in [5.41, 5.74) is 2.87. The van der Waals surface area contributed by atoms with Gasteiger partial charge in [0.05, 0.1) is 4.83 Å². The minimum absolute atomic E-state index is 0.366. The average molecular weight is 348 g/mol. The van der Waals surface area contributed by atoms with Gasteiger partial charge in [-0.25, -0.2) is 0 Å². The zero-order chi connectivity index (χ0) is 16.6. The Hall–Kier alpha value is -0.240. The fourth-order valence-electron chi connectivity index (χ4n) is 1.71. The predicted octanol–water partition coefficient (Wildman–Crippen LogP) is 6.70. The maximum atomic E-state index is 3.70. The lowest BCUT2D eigenvalue weighted by Gasteiger charge is -2.27. The van der Waals surface area contributed by atoms with Crippen molar-refractivity contribution < 1.29 is 0 Å². The van der Waals surface area contributed by atoms with Gasteiger partial charge in [-0.05, 0) is 31.3 Å². The Morgan fingerprint density at radius 3 is 2.15 bits per heavy atom. The van der Waals surface area contributed by atoms with Gasteiger partial charge in [0.1, 0.15) is 0 Å². The first-order chi connectivity index (χ1) is 9.66. The summed E-state index contributed by atoms with van der Waals surface area (Å²) in [5, 5.41) is 3.49. The van der Waals surface area contributed by atoms with Crippen molar-refractivity contribution in [1.82, 2.24) is 5.32 Å². The van der Waals surface area contributed by atoms with Gasteiger partial charge in [0.15, 0.2) is 0 Å². The molecule has 0 radical (unpaired) electrons. The molecule has 20 heavy (non-hydrogen) atoms. The summed E-state index contributed by atoms with van der Waals surface area (Å²) < 4.78 is 0. The van der Waals surface area contributed by atoms with E-state index in [1.165, 1.54) is 17.7 Å². The van der Waals surface area contributed by atoms with Crippen molar-refractivity contribution in [3.63, 3.8) is 0 Å². The Bertz CT molecular complexity index is 244. The smallest absolute Gasteiger partial charge is 0.0721 e. The molecule has 0 aliphatic carbocycles. The molecule has 1 N–H and O–H groups in total. The van der Waals surface area contributed by atoms with Crippen molar-refractivity contribution in [3.8, 4) is 0 Å². The highest BCUT2D eigenvalue weighted by atomic mass is 79.9. The third-order valence-electron chi connectivity index (χ3n) is 2.87. The van der Waals surface area contributed by atoms with Crippen LogP contribution in [-0.4, -0.2) is 11.4 Å². The molecule has 1 aliphatic rings. The Kier molecular flexibility index (Phi) is 23.2. The molecule has 0 aromatic carbocycles. The molecule has 0 amide bonds. The molecule has 0 fully saturated rings. The molecule has 2 atom stereocenters. The van der Waals surface area contributed by atoms with E-state index in [1.807, 2.05) is 41.5 Å². The van der Waals surface area contributed by atoms with Crippen LogP contribution in [0, 0.1) is 5.92 Å². The van der Waals surface area contributed by atoms with Crippen molar-refractivity contribution in [2.45, 2.75) is 80.0 Å². The van der Waals surface area contributed by atoms with E-state index in [2.05, 4.69) is 54.2 Å². The van der Waals surface area contributed by atoms with Crippen LogP contribution in [0.3, 0.4) is 0 Å². The number of nitrogens with one attached hydrogen (secondary N) is 1. The summed E-state index contributed by atoms with van der Waals surface area (Å²) in [6.07, 6.45) is 6.79. The third kappa shape index (κ3) is 10.5. The lowest BCUT2D eigenvalue weighted by atomic mass is 9.93. The highest BCUT2D eigenvalue weighted by Crippen LogP contribution is 2.26. The van der Waals surface area contributed by atoms with Crippen LogP contribution in [0.25, 0.3) is 0 Å². The lowest BCUT2D eigenvalue weighted by Crippen LogP contribution is -2.29. The van der Waals surface area contributed by atoms with E-state index >= 15 is 0 Å². The largest absolute Gasteiger partial charge is 0.387 e. The molecule has 2 heteroatoms. The monoisotopic (exact) mass is 347 g/mol. The fraction of sp³-hybridized carbons (Fsp3) is 0.778. The van der Waals surface area contributed by atoms with Crippen LogP contribution in [0.2, 0.25) is 0 Å². The molecule has 1 nitrogen and oxygen atoms in total. The number of hydrogen-bond donors (Lipinski definition) is 1. The van der Waals surface area contributed by atoms with Crippen molar-refractivity contribution in [2.24, 2.45) is 5.92 Å². The minimum Gasteiger partial charge on any atom is -0.387 e. The minimum atomic E-state index is 0.366. The third-order valence-corrected chi connectivity index (χ3v) is 3.64. The molecule has 1 rings (SSSR count). The Morgan fingerprint density at radius 1 is 1.20 bits per heavy atom. The molecule has 0 spiro atoms. The normalized spacial score (nSPS) is 18.6. The number of rotatable bonds is 3. The second-order valence-corrected chi connectivity index (χ2v) is 4.94. The zero-order valence-corrected chi connectivity index (χ0v) is 16.9. The van der Waals surface area contributed by atoms with E-state index in [-0.39, 0.29) is 0 Å². The van der Waals surface area contributed by atoms with Crippen LogP contribution >= 0.6 is 15.9 Å². The Balaban J connectivity index is -0.000000425. The van der Waals surface area contributed by atoms with Gasteiger partial charge >= 0.3 is 0 Å². The molecule has 1 heterocycles. The van der Waals surface area contributed by atoms with Crippen molar-refractivity contribution in [3.05, 3.63) is 23.4 Å². The molecule has 2 unspecified atom stereocenters. The molecule has 0 aromatic heterocycles. The molecule has 0 bridgehead atoms. The van der Waals surface area contributed by atoms with E-state index in [1.54, 1.807) is 0 Å². The summed E-state index contributed by atoms with van der Waals surface area (Å²) in [6.45, 7) is 19.8. The van der Waals surface area contributed by atoms with Crippen LogP contribution in [0.15, 0.2) is 23.4 Å². The van der Waals surface area contributed by atoms with E-state index < -0.39 is 0 Å². The summed E-state index contributed by atoms with van der Waals surface area (Å²) >= 11 is 3.70. The molecule has 0 aromatic rings. The van der Waals surface area contributed by atoms with Gasteiger partial charge in [-0.3, -0.25) is 0 Å². The van der Waals surface area contributed by atoms with Gasteiger partial charge in [-0.2, -0.15) is 0 Å². The molecular weight excluding hydrogens is 310 g/mol. The standard InChI is InChI=1S/C12H20BrN.3C2H6/c1-4-5-6-11(13)12-10(3)9(2)7-8-14-12;3*1-2/h5-6,9,11,14H,4,7-8H2,1-3H3;3*1-2H3. The zero-order valence-electron chi connectivity index (χ0n) is 15.3. The van der Waals surface area contributed by atoms with Crippen molar-refractivity contribution in [1.29, 1.82) is 0 Å². The average Bonchev–Trinajstić information content (AvgIpc) is 2.53. The first-order valence-corrected chi connectivity index (χ1v) is 9.33. The topological polar surface area (TPSA) is 12.0 Å². The Labute approximate surface area is 137 Å². The quantitative estimate of drug-likeness (QED) is 0.442. The molecule has 122 valence electrons. The number of halogens is 1. The van der Waals surface area contributed by atoms with Gasteiger partial charge in [0, 0.05) is 12.2 Å². The second-order valence-electron chi connectivity index (χ2n) is 3.95. The van der Waals surface area contributed by atoms with Crippen LogP contribution < -0.4 is 5.32 Å². The van der Waals surface area contributed by atoms with E-state index in [0.29, 0.717) is 4.83 Å². The van der Waals surface area contributed by atoms with Crippen LogP contribution in [0.4, 0.5) is 0 Å². The second kappa shape index (κ2) is 18.8. The Morgan fingerprint density at radius 2 is 1.70 bits per heavy atom. The first kappa shape index (κ1) is 24.8. The maximum absolute atomic E-state index is 3.70. The van der Waals surface area contributed by atoms with E-state index in [0.717, 1.165) is 18.9 Å². The van der Waals surface area contributed by atoms with Gasteiger partial charge in [-0.1, -0.05) is 83.5 Å². The van der Waals surface area contributed by atoms with Gasteiger partial charge < -0.3 is 5.32 Å². The van der Waals surface area contributed by atoms with Crippen LogP contribution in [0.1, 0.15) is 75.2 Å². The van der Waals surface area contributed by atoms with Crippen LogP contribution in [-0.2, 0) is 0 Å². The highest BCUT2D eigenvalue weighted by molar-refractivity contribution is 9.09. The van der Waals surface area contributed by atoms with Crippen molar-refractivity contribution >= 4 is 15.9 Å². The maximum Gasteiger partial charge on any atom is 0.0721 e. The number of alkyl halides is 1. The molecule has 0 saturated carbocycles. The lowest BCUT2D eigenvalue weighted by molar-refractivity contribution is 0.531. The van der Waals surface area contributed by atoms with Crippen molar-refractivity contribution in [2.75, 3.05) is 6.54 Å². The summed E-state index contributed by atoms with van der Waals surface area (Å²) in [7, 11) is 0. The van der Waals surface area contributed by atoms with Gasteiger partial charge in [0.2, 0.25) is 0 Å². The predicted molar refractivity (Wildman–Crippen MR) is 101 cm³/mol.